The summed E-state index contributed by atoms with van der Waals surface area (Å²) < 4.78 is 36.8. The van der Waals surface area contributed by atoms with Gasteiger partial charge in [0.2, 0.25) is 0 Å². The number of anilines is 2. The number of hydrogen-bond acceptors (Lipinski definition) is 12. The Hall–Kier alpha value is -7.25. The Morgan fingerprint density at radius 2 is 1.55 bits per heavy atom. The number of carbonyl (C=O) groups is 4. The second-order valence-corrected chi connectivity index (χ2v) is 9.77. The van der Waals surface area contributed by atoms with Gasteiger partial charge in [0.15, 0.2) is 34.3 Å². The number of aromatic nitrogens is 6. The quantitative estimate of drug-likeness (QED) is 0.105. The van der Waals surface area contributed by atoms with E-state index in [-0.39, 0.29) is 34.5 Å². The molecule has 0 bridgehead atoms. The minimum atomic E-state index is -1.57. The van der Waals surface area contributed by atoms with Gasteiger partial charge in [-0.25, -0.2) is 23.4 Å². The minimum Gasteiger partial charge on any atom is -0.490 e. The number of benzene rings is 2. The predicted octanol–water partition coefficient (Wildman–Crippen LogP) is 2.93. The molecule has 49 heavy (non-hydrogen) atoms. The molecular weight excluding hydrogens is 652 g/mol. The summed E-state index contributed by atoms with van der Waals surface area (Å²) in [5.41, 5.74) is 4.13. The number of nitrogens with zero attached hydrogens (tertiary/aromatic N) is 7. The number of carboxylic acid groups (broad SMARTS) is 2. The number of aromatic carboxylic acids is 2. The highest BCUT2D eigenvalue weighted by atomic mass is 19.1. The first kappa shape index (κ1) is 33.1. The Morgan fingerprint density at radius 3 is 2.18 bits per heavy atom. The molecule has 0 aliphatic carbocycles. The molecule has 0 saturated heterocycles. The average Bonchev–Trinajstić information content (AvgIpc) is 3.62. The summed E-state index contributed by atoms with van der Waals surface area (Å²) in [7, 11) is 0. The van der Waals surface area contributed by atoms with E-state index < -0.39 is 64.6 Å². The van der Waals surface area contributed by atoms with E-state index in [0.717, 1.165) is 24.3 Å². The van der Waals surface area contributed by atoms with Crippen molar-refractivity contribution in [2.75, 3.05) is 17.2 Å². The van der Waals surface area contributed by atoms with Crippen molar-refractivity contribution in [2.45, 2.75) is 6.42 Å². The standard InChI is InChI=1S/C29H21F2N11O7/c30-17-10-15(28(45)46)21(35-26(43)19-2-4-25(38-37-19)41-7-6-34-13-41)9-14(17)5-8-49-23-11-16(29(47)48)22(12-18(23)31)36-27(44)20-1-3-24(32)42(39-20)40-33/h1-4,6-7,9-13,32-33H,5,8H2,(H,35,43)(H,36,44)(H,45,46)(H,47,48). The SMILES string of the molecule is N=Nn1nc(C(=O)Nc2cc(F)c(OCCc3cc(NC(=O)c4ccc(-n5ccnc5)nn4)c(C(=O)O)cc3F)cc2C(=O)O)ccc1=N. The maximum Gasteiger partial charge on any atom is 0.337 e. The van der Waals surface area contributed by atoms with Gasteiger partial charge in [-0.15, -0.1) is 20.1 Å². The van der Waals surface area contributed by atoms with Gasteiger partial charge in [-0.1, -0.05) is 5.22 Å². The first-order chi connectivity index (χ1) is 23.4. The number of amides is 2. The van der Waals surface area contributed by atoms with Crippen molar-refractivity contribution in [3.05, 3.63) is 112 Å². The lowest BCUT2D eigenvalue weighted by Crippen LogP contribution is -2.24. The summed E-state index contributed by atoms with van der Waals surface area (Å²) in [5.74, 6) is -7.21. The lowest BCUT2D eigenvalue weighted by atomic mass is 10.1. The van der Waals surface area contributed by atoms with Gasteiger partial charge >= 0.3 is 11.9 Å². The van der Waals surface area contributed by atoms with E-state index in [1.165, 1.54) is 29.2 Å². The summed E-state index contributed by atoms with van der Waals surface area (Å²) in [6.45, 7) is -0.431. The van der Waals surface area contributed by atoms with E-state index in [2.05, 4.69) is 36.1 Å². The molecule has 0 aliphatic heterocycles. The van der Waals surface area contributed by atoms with E-state index in [4.69, 9.17) is 15.7 Å². The molecule has 6 N–H and O–H groups in total. The van der Waals surface area contributed by atoms with Gasteiger partial charge in [0, 0.05) is 24.9 Å². The molecule has 2 aromatic carbocycles. The Labute approximate surface area is 271 Å². The van der Waals surface area contributed by atoms with Crippen LogP contribution in [0, 0.1) is 22.6 Å². The van der Waals surface area contributed by atoms with E-state index in [9.17, 15) is 38.2 Å². The summed E-state index contributed by atoms with van der Waals surface area (Å²) >= 11 is 0. The fourth-order valence-corrected chi connectivity index (χ4v) is 4.27. The summed E-state index contributed by atoms with van der Waals surface area (Å²) in [4.78, 5) is 53.6. The van der Waals surface area contributed by atoms with E-state index in [1.807, 2.05) is 0 Å². The van der Waals surface area contributed by atoms with Crippen LogP contribution < -0.4 is 20.9 Å². The zero-order chi connectivity index (χ0) is 35.2. The van der Waals surface area contributed by atoms with Crippen LogP contribution in [-0.4, -0.2) is 70.2 Å². The number of rotatable bonds is 12. The topological polar surface area (TPSA) is 264 Å². The Kier molecular flexibility index (Phi) is 9.48. The normalized spacial score (nSPS) is 10.7. The van der Waals surface area contributed by atoms with Crippen LogP contribution in [0.25, 0.3) is 5.82 Å². The summed E-state index contributed by atoms with van der Waals surface area (Å²) in [6, 6.07) is 8.26. The maximum atomic E-state index is 15.0. The van der Waals surface area contributed by atoms with Gasteiger partial charge in [0.1, 0.15) is 12.1 Å². The molecular formula is C29H21F2N11O7. The van der Waals surface area contributed by atoms with E-state index >= 15 is 0 Å². The van der Waals surface area contributed by atoms with Gasteiger partial charge in [-0.3, -0.25) is 19.6 Å². The van der Waals surface area contributed by atoms with Crippen LogP contribution in [-0.2, 0) is 6.42 Å². The van der Waals surface area contributed by atoms with Crippen molar-refractivity contribution in [1.29, 1.82) is 10.9 Å². The van der Waals surface area contributed by atoms with Crippen LogP contribution in [0.1, 0.15) is 47.3 Å². The molecule has 3 aromatic heterocycles. The monoisotopic (exact) mass is 673 g/mol. The van der Waals surface area contributed by atoms with Crippen molar-refractivity contribution < 1.29 is 42.9 Å². The number of halogens is 2. The van der Waals surface area contributed by atoms with Crippen LogP contribution in [0.2, 0.25) is 0 Å². The lowest BCUT2D eigenvalue weighted by molar-refractivity contribution is 0.0686. The smallest absolute Gasteiger partial charge is 0.337 e. The highest BCUT2D eigenvalue weighted by molar-refractivity contribution is 6.07. The molecule has 248 valence electrons. The Balaban J connectivity index is 1.30. The third kappa shape index (κ3) is 7.43. The van der Waals surface area contributed by atoms with Crippen molar-refractivity contribution in [3.8, 4) is 11.6 Å². The van der Waals surface area contributed by atoms with Crippen LogP contribution in [0.3, 0.4) is 0 Å². The lowest BCUT2D eigenvalue weighted by Gasteiger charge is -2.14. The first-order valence-electron chi connectivity index (χ1n) is 13.7. The fourth-order valence-electron chi connectivity index (χ4n) is 4.27. The van der Waals surface area contributed by atoms with Gasteiger partial charge in [-0.05, 0) is 48.0 Å². The second-order valence-electron chi connectivity index (χ2n) is 9.77. The highest BCUT2D eigenvalue weighted by Crippen LogP contribution is 2.28. The number of ether oxygens (including phenoxy) is 1. The molecule has 0 atom stereocenters. The maximum absolute atomic E-state index is 15.0. The van der Waals surface area contributed by atoms with Crippen LogP contribution in [0.5, 0.6) is 5.75 Å². The van der Waals surface area contributed by atoms with Crippen molar-refractivity contribution in [3.63, 3.8) is 0 Å². The average molecular weight is 674 g/mol. The molecule has 5 rings (SSSR count). The largest absolute Gasteiger partial charge is 0.490 e. The molecule has 0 spiro atoms. The van der Waals surface area contributed by atoms with Gasteiger partial charge in [0.05, 0.1) is 29.1 Å². The molecule has 0 saturated carbocycles. The van der Waals surface area contributed by atoms with Gasteiger partial charge < -0.3 is 25.6 Å². The van der Waals surface area contributed by atoms with Gasteiger partial charge in [0.25, 0.3) is 11.8 Å². The van der Waals surface area contributed by atoms with Crippen molar-refractivity contribution in [2.24, 2.45) is 5.22 Å². The predicted molar refractivity (Wildman–Crippen MR) is 160 cm³/mol. The summed E-state index contributed by atoms with van der Waals surface area (Å²) in [5, 5.41) is 45.7. The third-order valence-electron chi connectivity index (χ3n) is 6.64. The first-order valence-corrected chi connectivity index (χ1v) is 13.7. The van der Waals surface area contributed by atoms with E-state index in [1.54, 1.807) is 6.20 Å². The molecule has 0 radical (unpaired) electrons. The molecule has 20 heteroatoms. The zero-order valence-electron chi connectivity index (χ0n) is 24.6. The van der Waals surface area contributed by atoms with Crippen molar-refractivity contribution in [1.82, 2.24) is 29.6 Å². The van der Waals surface area contributed by atoms with Crippen LogP contribution in [0.15, 0.2) is 72.5 Å². The van der Waals surface area contributed by atoms with Gasteiger partial charge in [-0.2, -0.15) is 5.53 Å². The van der Waals surface area contributed by atoms with Crippen molar-refractivity contribution >= 4 is 35.1 Å². The molecule has 0 unspecified atom stereocenters. The van der Waals surface area contributed by atoms with Crippen LogP contribution >= 0.6 is 0 Å². The zero-order valence-corrected chi connectivity index (χ0v) is 24.6. The molecule has 3 heterocycles. The molecule has 0 fully saturated rings. The third-order valence-corrected chi connectivity index (χ3v) is 6.64. The van der Waals surface area contributed by atoms with Crippen LogP contribution in [0.4, 0.5) is 20.2 Å². The number of nitrogens with one attached hydrogen (secondary N) is 4. The molecule has 18 nitrogen and oxygen atoms in total. The molecule has 5 aromatic rings. The Morgan fingerprint density at radius 1 is 0.878 bits per heavy atom. The number of carbonyl (C=O) groups excluding carboxylic acids is 2. The Bertz CT molecular complexity index is 2170. The fraction of sp³-hybridized carbons (Fsp3) is 0.0690. The minimum absolute atomic E-state index is 0.132. The highest BCUT2D eigenvalue weighted by Gasteiger charge is 2.21. The number of imidazole rings is 1. The number of hydrogen-bond donors (Lipinski definition) is 6. The summed E-state index contributed by atoms with van der Waals surface area (Å²) in [6.07, 6.45) is 4.31. The molecule has 2 amide bonds. The number of carboxylic acids is 2. The molecule has 0 aliphatic rings. The van der Waals surface area contributed by atoms with E-state index in [0.29, 0.717) is 22.7 Å². The second kappa shape index (κ2) is 14.0.